The molecule has 1 aromatic carbocycles. The Morgan fingerprint density at radius 1 is 1.11 bits per heavy atom. The molecule has 0 bridgehead atoms. The van der Waals surface area contributed by atoms with Crippen LogP contribution in [0, 0.1) is 0 Å². The Labute approximate surface area is 160 Å². The van der Waals surface area contributed by atoms with E-state index in [0.29, 0.717) is 17.5 Å². The summed E-state index contributed by atoms with van der Waals surface area (Å²) in [6, 6.07) is 9.28. The largest absolute Gasteiger partial charge is 0.361 e. The van der Waals surface area contributed by atoms with Crippen molar-refractivity contribution in [3.8, 4) is 0 Å². The van der Waals surface area contributed by atoms with E-state index in [0.717, 1.165) is 36.9 Å². The maximum absolute atomic E-state index is 12.5. The summed E-state index contributed by atoms with van der Waals surface area (Å²) < 4.78 is 27.5. The molecule has 2 aromatic rings. The van der Waals surface area contributed by atoms with Crippen molar-refractivity contribution in [2.75, 3.05) is 41.7 Å². The monoisotopic (exact) mass is 387 g/mol. The molecule has 0 atom stereocenters. The summed E-state index contributed by atoms with van der Waals surface area (Å²) in [4.78, 5) is 12.9. The van der Waals surface area contributed by atoms with Crippen molar-refractivity contribution in [2.24, 2.45) is 0 Å². The normalized spacial score (nSPS) is 15.1. The number of anilines is 3. The molecule has 1 aromatic heterocycles. The van der Waals surface area contributed by atoms with Gasteiger partial charge in [-0.2, -0.15) is 4.98 Å². The highest BCUT2D eigenvalue weighted by Crippen LogP contribution is 2.26. The first kappa shape index (κ1) is 19.2. The highest BCUT2D eigenvalue weighted by molar-refractivity contribution is 7.95. The molecule has 0 amide bonds. The molecule has 1 saturated heterocycles. The van der Waals surface area contributed by atoms with Crippen molar-refractivity contribution in [3.05, 3.63) is 47.5 Å². The molecule has 3 rings (SSSR count). The zero-order valence-electron chi connectivity index (χ0n) is 15.7. The molecule has 1 fully saturated rings. The van der Waals surface area contributed by atoms with Gasteiger partial charge in [0.1, 0.15) is 5.69 Å². The van der Waals surface area contributed by atoms with Gasteiger partial charge in [-0.15, -0.1) is 0 Å². The summed E-state index contributed by atoms with van der Waals surface area (Å²) in [5, 5.41) is 1.15. The summed E-state index contributed by atoms with van der Waals surface area (Å²) in [7, 11) is -0.0109. The second kappa shape index (κ2) is 8.39. The average molecular weight is 388 g/mol. The zero-order chi connectivity index (χ0) is 19.3. The lowest BCUT2D eigenvalue weighted by Gasteiger charge is -2.28. The van der Waals surface area contributed by atoms with Gasteiger partial charge in [0.05, 0.1) is 11.6 Å². The minimum absolute atomic E-state index is 0.360. The molecular weight excluding hydrogens is 362 g/mol. The standard InChI is InChI=1S/C19H25N5O2S/c1-23(2)18-17(15-20-19(21-18)24-12-7-4-8-13-24)22-27(25,26)14-11-16-9-5-3-6-10-16/h3,5-6,9-11,14-15,22H,4,7-8,12-13H2,1-2H3/b14-11+. The molecule has 27 heavy (non-hydrogen) atoms. The van der Waals surface area contributed by atoms with Crippen LogP contribution in [0.3, 0.4) is 0 Å². The molecule has 1 aliphatic rings. The van der Waals surface area contributed by atoms with Gasteiger partial charge in [-0.25, -0.2) is 13.4 Å². The first-order valence-electron chi connectivity index (χ1n) is 9.00. The number of sulfonamides is 1. The molecule has 0 spiro atoms. The van der Waals surface area contributed by atoms with E-state index in [1.807, 2.05) is 44.4 Å². The summed E-state index contributed by atoms with van der Waals surface area (Å²) in [6.45, 7) is 1.86. The molecule has 8 heteroatoms. The smallest absolute Gasteiger partial charge is 0.255 e. The van der Waals surface area contributed by atoms with Crippen LogP contribution < -0.4 is 14.5 Å². The Hall–Kier alpha value is -2.61. The fraction of sp³-hybridized carbons (Fsp3) is 0.368. The predicted octanol–water partition coefficient (Wildman–Crippen LogP) is 2.95. The number of rotatable bonds is 6. The molecule has 7 nitrogen and oxygen atoms in total. The molecule has 0 radical (unpaired) electrons. The van der Waals surface area contributed by atoms with Gasteiger partial charge in [0.2, 0.25) is 5.95 Å². The number of hydrogen-bond acceptors (Lipinski definition) is 6. The number of hydrogen-bond donors (Lipinski definition) is 1. The van der Waals surface area contributed by atoms with Gasteiger partial charge in [0.15, 0.2) is 5.82 Å². The molecule has 144 valence electrons. The van der Waals surface area contributed by atoms with Crippen LogP contribution in [0.4, 0.5) is 17.5 Å². The van der Waals surface area contributed by atoms with Gasteiger partial charge in [0.25, 0.3) is 10.0 Å². The predicted molar refractivity (Wildman–Crippen MR) is 110 cm³/mol. The van der Waals surface area contributed by atoms with Crippen molar-refractivity contribution >= 4 is 33.6 Å². The highest BCUT2D eigenvalue weighted by atomic mass is 32.2. The summed E-state index contributed by atoms with van der Waals surface area (Å²) >= 11 is 0. The van der Waals surface area contributed by atoms with Crippen LogP contribution in [0.25, 0.3) is 6.08 Å². The third-order valence-corrected chi connectivity index (χ3v) is 5.31. The van der Waals surface area contributed by atoms with Gasteiger partial charge < -0.3 is 9.80 Å². The Bertz CT molecular complexity index is 892. The molecular formula is C19H25N5O2S. The Morgan fingerprint density at radius 3 is 2.48 bits per heavy atom. The van der Waals surface area contributed by atoms with Crippen LogP contribution in [0.1, 0.15) is 24.8 Å². The second-order valence-corrected chi connectivity index (χ2v) is 8.28. The van der Waals surface area contributed by atoms with E-state index in [1.165, 1.54) is 6.42 Å². The average Bonchev–Trinajstić information content (AvgIpc) is 2.68. The topological polar surface area (TPSA) is 78.4 Å². The van der Waals surface area contributed by atoms with Crippen molar-refractivity contribution in [2.45, 2.75) is 19.3 Å². The molecule has 0 saturated carbocycles. The van der Waals surface area contributed by atoms with Crippen molar-refractivity contribution < 1.29 is 8.42 Å². The van der Waals surface area contributed by atoms with Crippen LogP contribution in [-0.2, 0) is 10.0 Å². The first-order chi connectivity index (χ1) is 12.9. The van der Waals surface area contributed by atoms with Crippen molar-refractivity contribution in [3.63, 3.8) is 0 Å². The Kier molecular flexibility index (Phi) is 5.95. The molecule has 0 aliphatic carbocycles. The fourth-order valence-corrected chi connectivity index (χ4v) is 3.80. The second-order valence-electron chi connectivity index (χ2n) is 6.71. The van der Waals surface area contributed by atoms with Gasteiger partial charge in [0, 0.05) is 27.2 Å². The van der Waals surface area contributed by atoms with E-state index in [-0.39, 0.29) is 0 Å². The Morgan fingerprint density at radius 2 is 1.81 bits per heavy atom. The maximum Gasteiger partial charge on any atom is 0.255 e. The SMILES string of the molecule is CN(C)c1nc(N2CCCCC2)ncc1NS(=O)(=O)/C=C/c1ccccc1. The lowest BCUT2D eigenvalue weighted by molar-refractivity contribution is 0.568. The lowest BCUT2D eigenvalue weighted by atomic mass is 10.1. The molecule has 1 N–H and O–H groups in total. The Balaban J connectivity index is 1.81. The zero-order valence-corrected chi connectivity index (χ0v) is 16.5. The van der Waals surface area contributed by atoms with E-state index >= 15 is 0 Å². The number of piperidine rings is 1. The van der Waals surface area contributed by atoms with E-state index < -0.39 is 10.0 Å². The summed E-state index contributed by atoms with van der Waals surface area (Å²) in [6.07, 6.45) is 6.57. The van der Waals surface area contributed by atoms with Gasteiger partial charge in [-0.1, -0.05) is 30.3 Å². The molecule has 1 aliphatic heterocycles. The quantitative estimate of drug-likeness (QED) is 0.821. The van der Waals surface area contributed by atoms with E-state index in [9.17, 15) is 8.42 Å². The highest BCUT2D eigenvalue weighted by Gasteiger charge is 2.18. The van der Waals surface area contributed by atoms with E-state index in [2.05, 4.69) is 19.6 Å². The third kappa shape index (κ3) is 5.19. The molecule has 2 heterocycles. The van der Waals surface area contributed by atoms with Crippen molar-refractivity contribution in [1.29, 1.82) is 0 Å². The van der Waals surface area contributed by atoms with Crippen LogP contribution in [0.2, 0.25) is 0 Å². The van der Waals surface area contributed by atoms with E-state index in [1.54, 1.807) is 17.2 Å². The van der Waals surface area contributed by atoms with Crippen molar-refractivity contribution in [1.82, 2.24) is 9.97 Å². The number of nitrogens with zero attached hydrogens (tertiary/aromatic N) is 4. The van der Waals surface area contributed by atoms with Crippen LogP contribution in [0.5, 0.6) is 0 Å². The minimum atomic E-state index is -3.68. The third-order valence-electron chi connectivity index (χ3n) is 4.31. The van der Waals surface area contributed by atoms with Gasteiger partial charge in [-0.3, -0.25) is 4.72 Å². The van der Waals surface area contributed by atoms with Crippen LogP contribution in [0.15, 0.2) is 41.9 Å². The lowest BCUT2D eigenvalue weighted by Crippen LogP contribution is -2.31. The number of nitrogens with one attached hydrogen (secondary N) is 1. The van der Waals surface area contributed by atoms with Gasteiger partial charge >= 0.3 is 0 Å². The van der Waals surface area contributed by atoms with Gasteiger partial charge in [-0.05, 0) is 30.9 Å². The fourth-order valence-electron chi connectivity index (χ4n) is 2.94. The van der Waals surface area contributed by atoms with Crippen LogP contribution in [-0.4, -0.2) is 45.6 Å². The minimum Gasteiger partial charge on any atom is -0.361 e. The summed E-state index contributed by atoms with van der Waals surface area (Å²) in [5.74, 6) is 1.18. The number of benzene rings is 1. The van der Waals surface area contributed by atoms with E-state index in [4.69, 9.17) is 0 Å². The summed E-state index contributed by atoms with van der Waals surface area (Å²) in [5.41, 5.74) is 1.17. The number of aromatic nitrogens is 2. The first-order valence-corrected chi connectivity index (χ1v) is 10.5. The maximum atomic E-state index is 12.5. The van der Waals surface area contributed by atoms with Crippen LogP contribution >= 0.6 is 0 Å². The molecule has 0 unspecified atom stereocenters.